The van der Waals surface area contributed by atoms with Crippen molar-refractivity contribution in [1.82, 2.24) is 4.72 Å². The molecule has 9 nitrogen and oxygen atoms in total. The van der Waals surface area contributed by atoms with Gasteiger partial charge in [0.15, 0.2) is 0 Å². The molecule has 1 atom stereocenters. The van der Waals surface area contributed by atoms with Gasteiger partial charge in [-0.1, -0.05) is 11.6 Å². The Morgan fingerprint density at radius 1 is 1.14 bits per heavy atom. The fraction of sp³-hybridized carbons (Fsp3) is 0.235. The van der Waals surface area contributed by atoms with Gasteiger partial charge in [-0.05, 0) is 56.3 Å². The molecule has 0 spiro atoms. The third-order valence-corrected chi connectivity index (χ3v) is 6.40. The van der Waals surface area contributed by atoms with Gasteiger partial charge in [0, 0.05) is 10.7 Å². The SMILES string of the molecule is CCOc1ccc(Cl)cc1S(=O)(=O)NC(C)C(=O)Nc1ccc(S(N)(=O)=O)cc1. The Hall–Kier alpha value is -2.18. The van der Waals surface area contributed by atoms with Crippen molar-refractivity contribution in [3.05, 3.63) is 47.5 Å². The standard InChI is InChI=1S/C17H20ClN3O6S2/c1-3-27-15-9-4-12(18)10-16(15)29(25,26)21-11(2)17(22)20-13-5-7-14(8-6-13)28(19,23)24/h4-11,21H,3H2,1-2H3,(H,20,22)(H2,19,23,24). The fourth-order valence-electron chi connectivity index (χ4n) is 2.29. The topological polar surface area (TPSA) is 145 Å². The number of anilines is 1. The van der Waals surface area contributed by atoms with E-state index in [9.17, 15) is 21.6 Å². The Morgan fingerprint density at radius 2 is 1.76 bits per heavy atom. The van der Waals surface area contributed by atoms with Gasteiger partial charge in [-0.15, -0.1) is 0 Å². The summed E-state index contributed by atoms with van der Waals surface area (Å²) < 4.78 is 55.5. The predicted molar refractivity (Wildman–Crippen MR) is 109 cm³/mol. The zero-order chi connectivity index (χ0) is 21.8. The van der Waals surface area contributed by atoms with Gasteiger partial charge in [0.25, 0.3) is 0 Å². The number of carbonyl (C=O) groups is 1. The molecule has 0 saturated heterocycles. The summed E-state index contributed by atoms with van der Waals surface area (Å²) in [7, 11) is -7.97. The molecular weight excluding hydrogens is 442 g/mol. The molecule has 2 aromatic carbocycles. The van der Waals surface area contributed by atoms with Crippen LogP contribution in [-0.2, 0) is 24.8 Å². The molecule has 2 rings (SSSR count). The predicted octanol–water partition coefficient (Wildman–Crippen LogP) is 1.69. The maximum absolute atomic E-state index is 12.7. The second-order valence-corrected chi connectivity index (χ2v) is 9.61. The number of benzene rings is 2. The van der Waals surface area contributed by atoms with Crippen LogP contribution in [-0.4, -0.2) is 35.4 Å². The maximum atomic E-state index is 12.7. The van der Waals surface area contributed by atoms with E-state index in [-0.39, 0.29) is 32.9 Å². The summed E-state index contributed by atoms with van der Waals surface area (Å²) in [5.74, 6) is -0.549. The monoisotopic (exact) mass is 461 g/mol. The average Bonchev–Trinajstić information content (AvgIpc) is 2.62. The molecule has 0 aliphatic rings. The normalized spacial score (nSPS) is 13.0. The number of rotatable bonds is 8. The molecule has 0 aromatic heterocycles. The zero-order valence-electron chi connectivity index (χ0n) is 15.5. The van der Waals surface area contributed by atoms with Crippen molar-refractivity contribution in [2.75, 3.05) is 11.9 Å². The lowest BCUT2D eigenvalue weighted by atomic mass is 10.3. The highest BCUT2D eigenvalue weighted by molar-refractivity contribution is 7.89. The lowest BCUT2D eigenvalue weighted by Crippen LogP contribution is -2.41. The highest BCUT2D eigenvalue weighted by atomic mass is 35.5. The molecule has 12 heteroatoms. The van der Waals surface area contributed by atoms with Crippen LogP contribution in [0.25, 0.3) is 0 Å². The zero-order valence-corrected chi connectivity index (χ0v) is 17.9. The van der Waals surface area contributed by atoms with Crippen LogP contribution >= 0.6 is 11.6 Å². The molecule has 0 radical (unpaired) electrons. The molecule has 0 aliphatic heterocycles. The number of nitrogens with two attached hydrogens (primary N) is 1. The number of amides is 1. The van der Waals surface area contributed by atoms with Crippen LogP contribution in [0.4, 0.5) is 5.69 Å². The summed E-state index contributed by atoms with van der Waals surface area (Å²) in [6, 6.07) is 8.12. The minimum absolute atomic E-state index is 0.107. The Kier molecular flexibility index (Phi) is 7.25. The quantitative estimate of drug-likeness (QED) is 0.545. The lowest BCUT2D eigenvalue weighted by Gasteiger charge is -2.16. The van der Waals surface area contributed by atoms with E-state index in [1.165, 1.54) is 49.4 Å². The Bertz CT molecular complexity index is 1100. The molecule has 1 amide bonds. The lowest BCUT2D eigenvalue weighted by molar-refractivity contribution is -0.117. The molecule has 4 N–H and O–H groups in total. The summed E-state index contributed by atoms with van der Waals surface area (Å²) in [5.41, 5.74) is 0.270. The van der Waals surface area contributed by atoms with Crippen LogP contribution in [0.2, 0.25) is 5.02 Å². The molecule has 158 valence electrons. The molecule has 29 heavy (non-hydrogen) atoms. The van der Waals surface area contributed by atoms with Gasteiger partial charge >= 0.3 is 0 Å². The van der Waals surface area contributed by atoms with Crippen molar-refractivity contribution >= 4 is 43.2 Å². The van der Waals surface area contributed by atoms with Crippen molar-refractivity contribution < 1.29 is 26.4 Å². The van der Waals surface area contributed by atoms with Gasteiger partial charge in [0.1, 0.15) is 10.6 Å². The van der Waals surface area contributed by atoms with Crippen molar-refractivity contribution in [3.8, 4) is 5.75 Å². The Morgan fingerprint density at radius 3 is 2.31 bits per heavy atom. The third-order valence-electron chi connectivity index (χ3n) is 3.67. The second-order valence-electron chi connectivity index (χ2n) is 5.93. The fourth-order valence-corrected chi connectivity index (χ4v) is 4.42. The molecule has 0 saturated carbocycles. The third kappa shape index (κ3) is 6.15. The van der Waals surface area contributed by atoms with Crippen LogP contribution in [0, 0.1) is 0 Å². The van der Waals surface area contributed by atoms with Crippen LogP contribution in [0.15, 0.2) is 52.3 Å². The first-order valence-corrected chi connectivity index (χ1v) is 11.7. The van der Waals surface area contributed by atoms with Gasteiger partial charge in [0.2, 0.25) is 26.0 Å². The number of hydrogen-bond acceptors (Lipinski definition) is 6. The van der Waals surface area contributed by atoms with E-state index < -0.39 is 32.0 Å². The van der Waals surface area contributed by atoms with Gasteiger partial charge in [-0.3, -0.25) is 4.79 Å². The first-order valence-electron chi connectivity index (χ1n) is 8.32. The van der Waals surface area contributed by atoms with E-state index in [0.29, 0.717) is 0 Å². The number of sulfonamides is 2. The average molecular weight is 462 g/mol. The maximum Gasteiger partial charge on any atom is 0.245 e. The largest absolute Gasteiger partial charge is 0.492 e. The minimum atomic E-state index is -4.11. The first-order chi connectivity index (χ1) is 13.4. The highest BCUT2D eigenvalue weighted by Crippen LogP contribution is 2.27. The van der Waals surface area contributed by atoms with E-state index in [0.717, 1.165) is 0 Å². The first kappa shape index (κ1) is 23.1. The van der Waals surface area contributed by atoms with Gasteiger partial charge in [0.05, 0.1) is 17.5 Å². The molecule has 0 heterocycles. The van der Waals surface area contributed by atoms with E-state index >= 15 is 0 Å². The van der Waals surface area contributed by atoms with Crippen LogP contribution in [0.5, 0.6) is 5.75 Å². The van der Waals surface area contributed by atoms with Crippen molar-refractivity contribution in [3.63, 3.8) is 0 Å². The number of halogens is 1. The van der Waals surface area contributed by atoms with Crippen molar-refractivity contribution in [2.24, 2.45) is 5.14 Å². The summed E-state index contributed by atoms with van der Waals surface area (Å²) in [4.78, 5) is 12.0. The van der Waals surface area contributed by atoms with E-state index in [2.05, 4.69) is 10.0 Å². The number of primary sulfonamides is 1. The molecule has 0 aliphatic carbocycles. The van der Waals surface area contributed by atoms with Gasteiger partial charge in [-0.2, -0.15) is 4.72 Å². The van der Waals surface area contributed by atoms with Crippen LogP contribution in [0.1, 0.15) is 13.8 Å². The second kappa shape index (κ2) is 9.09. The van der Waals surface area contributed by atoms with E-state index in [1.54, 1.807) is 6.92 Å². The van der Waals surface area contributed by atoms with E-state index in [1.807, 2.05) is 0 Å². The van der Waals surface area contributed by atoms with Crippen molar-refractivity contribution in [2.45, 2.75) is 29.7 Å². The van der Waals surface area contributed by atoms with Gasteiger partial charge < -0.3 is 10.1 Å². The number of ether oxygens (including phenoxy) is 1. The smallest absolute Gasteiger partial charge is 0.245 e. The van der Waals surface area contributed by atoms with Crippen LogP contribution in [0.3, 0.4) is 0 Å². The Balaban J connectivity index is 2.15. The summed E-state index contributed by atoms with van der Waals surface area (Å²) in [6.45, 7) is 3.31. The summed E-state index contributed by atoms with van der Waals surface area (Å²) >= 11 is 5.90. The highest BCUT2D eigenvalue weighted by Gasteiger charge is 2.25. The number of hydrogen-bond donors (Lipinski definition) is 3. The number of carbonyl (C=O) groups excluding carboxylic acids is 1. The van der Waals surface area contributed by atoms with E-state index in [4.69, 9.17) is 21.5 Å². The molecule has 0 fully saturated rings. The van der Waals surface area contributed by atoms with Gasteiger partial charge in [-0.25, -0.2) is 22.0 Å². The Labute approximate surface area is 174 Å². The van der Waals surface area contributed by atoms with Crippen LogP contribution < -0.4 is 19.9 Å². The molecular formula is C17H20ClN3O6S2. The van der Waals surface area contributed by atoms with Crippen molar-refractivity contribution in [1.29, 1.82) is 0 Å². The molecule has 0 bridgehead atoms. The minimum Gasteiger partial charge on any atom is -0.492 e. The molecule has 1 unspecified atom stereocenters. The summed E-state index contributed by atoms with van der Waals surface area (Å²) in [6.07, 6.45) is 0. The summed E-state index contributed by atoms with van der Waals surface area (Å²) in [5, 5.41) is 7.70. The number of nitrogens with one attached hydrogen (secondary N) is 2. The molecule has 2 aromatic rings.